The third-order valence-electron chi connectivity index (χ3n) is 4.17. The summed E-state index contributed by atoms with van der Waals surface area (Å²) in [6, 6.07) is 13.2. The Labute approximate surface area is 135 Å². The first-order chi connectivity index (χ1) is 11.2. The van der Waals surface area contributed by atoms with E-state index in [2.05, 4.69) is 0 Å². The van der Waals surface area contributed by atoms with E-state index in [1.165, 1.54) is 0 Å². The quantitative estimate of drug-likeness (QED) is 0.853. The van der Waals surface area contributed by atoms with Gasteiger partial charge in [-0.25, -0.2) is 0 Å². The van der Waals surface area contributed by atoms with Crippen molar-refractivity contribution in [1.29, 1.82) is 0 Å². The molecular weight excluding hydrogens is 292 g/mol. The molecule has 0 saturated carbocycles. The SMILES string of the molecule is CCN1C[C@@H](C(=O)N(Cc2ccco2)c2ccccc2)CC1=O. The van der Waals surface area contributed by atoms with Crippen molar-refractivity contribution >= 4 is 17.5 Å². The molecule has 0 aliphatic carbocycles. The fraction of sp³-hybridized carbons (Fsp3) is 0.333. The van der Waals surface area contributed by atoms with Crippen LogP contribution in [0.15, 0.2) is 53.1 Å². The lowest BCUT2D eigenvalue weighted by Gasteiger charge is -2.25. The van der Waals surface area contributed by atoms with Crippen LogP contribution in [0.1, 0.15) is 19.1 Å². The van der Waals surface area contributed by atoms with E-state index in [1.54, 1.807) is 22.1 Å². The number of hydrogen-bond acceptors (Lipinski definition) is 3. The fourth-order valence-corrected chi connectivity index (χ4v) is 2.93. The Balaban J connectivity index is 1.83. The zero-order valence-corrected chi connectivity index (χ0v) is 13.1. The van der Waals surface area contributed by atoms with Crippen molar-refractivity contribution in [2.45, 2.75) is 19.9 Å². The third-order valence-corrected chi connectivity index (χ3v) is 4.17. The molecule has 3 rings (SSSR count). The van der Waals surface area contributed by atoms with Crippen LogP contribution < -0.4 is 4.90 Å². The number of hydrogen-bond donors (Lipinski definition) is 0. The average molecular weight is 312 g/mol. The smallest absolute Gasteiger partial charge is 0.232 e. The molecule has 23 heavy (non-hydrogen) atoms. The van der Waals surface area contributed by atoms with Gasteiger partial charge in [0.15, 0.2) is 0 Å². The second-order valence-electron chi connectivity index (χ2n) is 5.67. The molecule has 0 bridgehead atoms. The first-order valence-electron chi connectivity index (χ1n) is 7.85. The molecule has 1 atom stereocenters. The number of benzene rings is 1. The summed E-state index contributed by atoms with van der Waals surface area (Å²) in [5.74, 6) is 0.449. The molecule has 1 aromatic heterocycles. The first-order valence-corrected chi connectivity index (χ1v) is 7.85. The van der Waals surface area contributed by atoms with Crippen LogP contribution in [0.5, 0.6) is 0 Å². The number of furan rings is 1. The standard InChI is InChI=1S/C18H20N2O3/c1-2-19-12-14(11-17(19)21)18(22)20(13-16-9-6-10-23-16)15-7-4-3-5-8-15/h3-10,14H,2,11-13H2,1H3/t14-/m0/s1. The molecular formula is C18H20N2O3. The maximum atomic E-state index is 13.0. The van der Waals surface area contributed by atoms with Gasteiger partial charge in [-0.1, -0.05) is 18.2 Å². The zero-order valence-electron chi connectivity index (χ0n) is 13.1. The minimum Gasteiger partial charge on any atom is -0.467 e. The van der Waals surface area contributed by atoms with Gasteiger partial charge >= 0.3 is 0 Å². The maximum absolute atomic E-state index is 13.0. The van der Waals surface area contributed by atoms with E-state index < -0.39 is 0 Å². The molecule has 0 unspecified atom stereocenters. The van der Waals surface area contributed by atoms with Crippen LogP contribution in [0, 0.1) is 5.92 Å². The van der Waals surface area contributed by atoms with E-state index >= 15 is 0 Å². The van der Waals surface area contributed by atoms with Gasteiger partial charge in [-0.3, -0.25) is 9.59 Å². The van der Waals surface area contributed by atoms with Gasteiger partial charge in [-0.2, -0.15) is 0 Å². The average Bonchev–Trinajstić information content (AvgIpc) is 3.22. The second-order valence-corrected chi connectivity index (χ2v) is 5.67. The Morgan fingerprint density at radius 2 is 2.04 bits per heavy atom. The highest BCUT2D eigenvalue weighted by atomic mass is 16.3. The summed E-state index contributed by atoms with van der Waals surface area (Å²) in [6.07, 6.45) is 1.88. The number of para-hydroxylation sites is 1. The van der Waals surface area contributed by atoms with Gasteiger partial charge < -0.3 is 14.2 Å². The molecule has 1 aliphatic heterocycles. The van der Waals surface area contributed by atoms with Crippen LogP contribution in [0.2, 0.25) is 0 Å². The van der Waals surface area contributed by atoms with Gasteiger partial charge in [-0.15, -0.1) is 0 Å². The molecule has 2 heterocycles. The Kier molecular flexibility index (Phi) is 4.46. The van der Waals surface area contributed by atoms with E-state index in [9.17, 15) is 9.59 Å². The predicted octanol–water partition coefficient (Wildman–Crippen LogP) is 2.68. The third kappa shape index (κ3) is 3.28. The van der Waals surface area contributed by atoms with Crippen molar-refractivity contribution in [3.8, 4) is 0 Å². The molecule has 1 saturated heterocycles. The van der Waals surface area contributed by atoms with Crippen molar-refractivity contribution in [2.24, 2.45) is 5.92 Å². The molecule has 0 spiro atoms. The van der Waals surface area contributed by atoms with Crippen molar-refractivity contribution in [3.63, 3.8) is 0 Å². The minimum atomic E-state index is -0.294. The van der Waals surface area contributed by atoms with Crippen molar-refractivity contribution in [1.82, 2.24) is 4.90 Å². The van der Waals surface area contributed by atoms with E-state index in [-0.39, 0.29) is 24.2 Å². The minimum absolute atomic E-state index is 0.0306. The summed E-state index contributed by atoms with van der Waals surface area (Å²) in [4.78, 5) is 28.4. The number of amides is 2. The van der Waals surface area contributed by atoms with Gasteiger partial charge in [0, 0.05) is 25.2 Å². The number of likely N-dealkylation sites (tertiary alicyclic amines) is 1. The summed E-state index contributed by atoms with van der Waals surface area (Å²) in [7, 11) is 0. The van der Waals surface area contributed by atoms with Crippen LogP contribution in [-0.4, -0.2) is 29.8 Å². The van der Waals surface area contributed by atoms with Gasteiger partial charge in [0.25, 0.3) is 0 Å². The molecule has 1 fully saturated rings. The Morgan fingerprint density at radius 3 is 2.65 bits per heavy atom. The molecule has 1 aromatic carbocycles. The molecule has 2 aromatic rings. The maximum Gasteiger partial charge on any atom is 0.232 e. The van der Waals surface area contributed by atoms with Crippen molar-refractivity contribution in [2.75, 3.05) is 18.0 Å². The largest absolute Gasteiger partial charge is 0.467 e. The van der Waals surface area contributed by atoms with Gasteiger partial charge in [0.1, 0.15) is 5.76 Å². The number of carbonyl (C=O) groups is 2. The van der Waals surface area contributed by atoms with Crippen molar-refractivity contribution < 1.29 is 14.0 Å². The highest BCUT2D eigenvalue weighted by molar-refractivity contribution is 5.98. The highest BCUT2D eigenvalue weighted by Gasteiger charge is 2.36. The number of anilines is 1. The van der Waals surface area contributed by atoms with Gasteiger partial charge in [0.05, 0.1) is 18.7 Å². The van der Waals surface area contributed by atoms with Crippen LogP contribution in [0.25, 0.3) is 0 Å². The molecule has 120 valence electrons. The molecule has 1 aliphatic rings. The van der Waals surface area contributed by atoms with E-state index in [0.29, 0.717) is 19.6 Å². The fourth-order valence-electron chi connectivity index (χ4n) is 2.93. The van der Waals surface area contributed by atoms with Crippen molar-refractivity contribution in [3.05, 3.63) is 54.5 Å². The summed E-state index contributed by atoms with van der Waals surface area (Å²) in [5.41, 5.74) is 0.816. The first kappa shape index (κ1) is 15.3. The summed E-state index contributed by atoms with van der Waals surface area (Å²) in [6.45, 7) is 3.44. The van der Waals surface area contributed by atoms with Crippen LogP contribution in [0.3, 0.4) is 0 Å². The normalized spacial score (nSPS) is 17.5. The van der Waals surface area contributed by atoms with Gasteiger partial charge in [0.2, 0.25) is 11.8 Å². The highest BCUT2D eigenvalue weighted by Crippen LogP contribution is 2.25. The van der Waals surface area contributed by atoms with Crippen LogP contribution >= 0.6 is 0 Å². The van der Waals surface area contributed by atoms with Crippen LogP contribution in [-0.2, 0) is 16.1 Å². The Hall–Kier alpha value is -2.56. The molecule has 0 radical (unpaired) electrons. The van der Waals surface area contributed by atoms with E-state index in [4.69, 9.17) is 4.42 Å². The zero-order chi connectivity index (χ0) is 16.2. The summed E-state index contributed by atoms with van der Waals surface area (Å²) >= 11 is 0. The van der Waals surface area contributed by atoms with E-state index in [0.717, 1.165) is 11.4 Å². The molecule has 0 N–H and O–H groups in total. The lowest BCUT2D eigenvalue weighted by molar-refractivity contribution is -0.128. The molecule has 2 amide bonds. The number of carbonyl (C=O) groups excluding carboxylic acids is 2. The molecule has 5 heteroatoms. The van der Waals surface area contributed by atoms with Gasteiger partial charge in [-0.05, 0) is 31.2 Å². The summed E-state index contributed by atoms with van der Waals surface area (Å²) in [5, 5.41) is 0. The van der Waals surface area contributed by atoms with E-state index in [1.807, 2.05) is 43.3 Å². The van der Waals surface area contributed by atoms with Crippen LogP contribution in [0.4, 0.5) is 5.69 Å². The lowest BCUT2D eigenvalue weighted by Crippen LogP contribution is -2.37. The lowest BCUT2D eigenvalue weighted by atomic mass is 10.1. The Bertz CT molecular complexity index is 667. The predicted molar refractivity (Wildman–Crippen MR) is 86.7 cm³/mol. The second kappa shape index (κ2) is 6.69. The number of nitrogens with zero attached hydrogens (tertiary/aromatic N) is 2. The molecule has 5 nitrogen and oxygen atoms in total. The summed E-state index contributed by atoms with van der Waals surface area (Å²) < 4.78 is 5.39. The topological polar surface area (TPSA) is 53.8 Å². The Morgan fingerprint density at radius 1 is 1.26 bits per heavy atom. The monoisotopic (exact) mass is 312 g/mol. The number of rotatable bonds is 5.